The van der Waals surface area contributed by atoms with Gasteiger partial charge in [-0.15, -0.1) is 0 Å². The molecule has 1 aromatic heterocycles. The number of carboxylic acid groups (broad SMARTS) is 2. The Bertz CT molecular complexity index is 809. The Morgan fingerprint density at radius 3 is 2.00 bits per heavy atom. The molecule has 0 spiro atoms. The molecule has 1 rings (SSSR count). The lowest BCUT2D eigenvalue weighted by Crippen LogP contribution is -2.58. The number of carbonyl (C=O) groups is 5. The first-order chi connectivity index (χ1) is 14.9. The Balaban J connectivity index is 3.06. The summed E-state index contributed by atoms with van der Waals surface area (Å²) < 4.78 is 0. The van der Waals surface area contributed by atoms with E-state index in [1.165, 1.54) is 19.4 Å². The average molecular weight is 454 g/mol. The van der Waals surface area contributed by atoms with Gasteiger partial charge in [-0.2, -0.15) is 0 Å². The van der Waals surface area contributed by atoms with Crippen LogP contribution < -0.4 is 21.7 Å². The highest BCUT2D eigenvalue weighted by molar-refractivity contribution is 5.95. The van der Waals surface area contributed by atoms with E-state index < -0.39 is 60.2 Å². The maximum atomic E-state index is 12.8. The fourth-order valence-corrected chi connectivity index (χ4v) is 2.75. The van der Waals surface area contributed by atoms with Gasteiger partial charge >= 0.3 is 11.9 Å². The third kappa shape index (κ3) is 9.12. The molecule has 0 saturated heterocycles. The lowest BCUT2D eigenvalue weighted by molar-refractivity contribution is -0.143. The van der Waals surface area contributed by atoms with Gasteiger partial charge in [-0.05, 0) is 19.3 Å². The molecular formula is C19H30N6O7. The predicted molar refractivity (Wildman–Crippen MR) is 111 cm³/mol. The first-order valence-electron chi connectivity index (χ1n) is 9.99. The zero-order chi connectivity index (χ0) is 24.4. The summed E-state index contributed by atoms with van der Waals surface area (Å²) >= 11 is 0. The molecule has 1 heterocycles. The van der Waals surface area contributed by atoms with E-state index in [1.54, 1.807) is 13.8 Å². The monoisotopic (exact) mass is 454 g/mol. The molecule has 0 aliphatic rings. The second-order valence-electron chi connectivity index (χ2n) is 7.82. The number of carbonyl (C=O) groups excluding carboxylic acids is 3. The fraction of sp³-hybridized carbons (Fsp3) is 0.579. The number of aromatic amines is 1. The molecule has 0 bridgehead atoms. The Kier molecular flexibility index (Phi) is 10.3. The van der Waals surface area contributed by atoms with E-state index in [9.17, 15) is 29.1 Å². The first kappa shape index (κ1) is 26.6. The zero-order valence-corrected chi connectivity index (χ0v) is 18.1. The van der Waals surface area contributed by atoms with Crippen LogP contribution in [0.5, 0.6) is 0 Å². The second-order valence-corrected chi connectivity index (χ2v) is 7.82. The summed E-state index contributed by atoms with van der Waals surface area (Å²) in [5.74, 6) is -5.07. The number of H-pyrrole nitrogens is 1. The Morgan fingerprint density at radius 2 is 1.53 bits per heavy atom. The van der Waals surface area contributed by atoms with Crippen molar-refractivity contribution in [1.82, 2.24) is 25.9 Å². The van der Waals surface area contributed by atoms with Crippen LogP contribution in [0.2, 0.25) is 0 Å². The van der Waals surface area contributed by atoms with E-state index in [0.717, 1.165) is 0 Å². The molecule has 13 nitrogen and oxygen atoms in total. The third-order valence-electron chi connectivity index (χ3n) is 4.36. The summed E-state index contributed by atoms with van der Waals surface area (Å²) in [4.78, 5) is 66.7. The molecule has 0 radical (unpaired) electrons. The van der Waals surface area contributed by atoms with Crippen molar-refractivity contribution in [3.05, 3.63) is 18.2 Å². The van der Waals surface area contributed by atoms with E-state index >= 15 is 0 Å². The molecule has 0 fully saturated rings. The van der Waals surface area contributed by atoms with Crippen molar-refractivity contribution in [2.45, 2.75) is 64.2 Å². The van der Waals surface area contributed by atoms with Crippen molar-refractivity contribution in [1.29, 1.82) is 0 Å². The zero-order valence-electron chi connectivity index (χ0n) is 18.1. The van der Waals surface area contributed by atoms with E-state index in [-0.39, 0.29) is 18.8 Å². The molecule has 1 aromatic rings. The van der Waals surface area contributed by atoms with Gasteiger partial charge in [0.25, 0.3) is 0 Å². The first-order valence-corrected chi connectivity index (χ1v) is 9.99. The van der Waals surface area contributed by atoms with Gasteiger partial charge in [-0.3, -0.25) is 19.2 Å². The van der Waals surface area contributed by atoms with Crippen LogP contribution in [-0.4, -0.2) is 74.0 Å². The number of nitrogens with zero attached hydrogens (tertiary/aromatic N) is 1. The molecule has 13 heteroatoms. The normalized spacial score (nSPS) is 14.7. The molecule has 4 unspecified atom stereocenters. The summed E-state index contributed by atoms with van der Waals surface area (Å²) in [6.45, 7) is 4.95. The molecule has 0 aliphatic heterocycles. The van der Waals surface area contributed by atoms with Crippen LogP contribution in [0, 0.1) is 5.92 Å². The number of imidazole rings is 1. The topological polar surface area (TPSA) is 217 Å². The van der Waals surface area contributed by atoms with Gasteiger partial charge < -0.3 is 36.9 Å². The van der Waals surface area contributed by atoms with Crippen molar-refractivity contribution in [3.63, 3.8) is 0 Å². The van der Waals surface area contributed by atoms with Gasteiger partial charge in [0.05, 0.1) is 18.8 Å². The smallest absolute Gasteiger partial charge is 0.326 e. The second kappa shape index (κ2) is 12.4. The Morgan fingerprint density at radius 1 is 0.969 bits per heavy atom. The van der Waals surface area contributed by atoms with Gasteiger partial charge in [-0.25, -0.2) is 9.78 Å². The third-order valence-corrected chi connectivity index (χ3v) is 4.36. The summed E-state index contributed by atoms with van der Waals surface area (Å²) in [5.41, 5.74) is 5.92. The van der Waals surface area contributed by atoms with Crippen molar-refractivity contribution < 1.29 is 34.2 Å². The lowest BCUT2D eigenvalue weighted by Gasteiger charge is -2.24. The largest absolute Gasteiger partial charge is 0.481 e. The van der Waals surface area contributed by atoms with E-state index in [0.29, 0.717) is 5.69 Å². The van der Waals surface area contributed by atoms with E-state index in [2.05, 4.69) is 25.9 Å². The molecular weight excluding hydrogens is 424 g/mol. The van der Waals surface area contributed by atoms with Gasteiger partial charge in [0.15, 0.2) is 0 Å². The number of aromatic nitrogens is 2. The summed E-state index contributed by atoms with van der Waals surface area (Å²) in [7, 11) is 0. The van der Waals surface area contributed by atoms with Gasteiger partial charge in [0, 0.05) is 18.3 Å². The van der Waals surface area contributed by atoms with Crippen molar-refractivity contribution in [2.75, 3.05) is 0 Å². The molecule has 0 saturated carbocycles. The molecule has 8 N–H and O–H groups in total. The molecule has 32 heavy (non-hydrogen) atoms. The van der Waals surface area contributed by atoms with Crippen LogP contribution >= 0.6 is 0 Å². The minimum atomic E-state index is -1.49. The van der Waals surface area contributed by atoms with Gasteiger partial charge in [-0.1, -0.05) is 13.8 Å². The van der Waals surface area contributed by atoms with Gasteiger partial charge in [0.1, 0.15) is 18.1 Å². The van der Waals surface area contributed by atoms with Crippen molar-refractivity contribution in [2.24, 2.45) is 11.7 Å². The highest BCUT2D eigenvalue weighted by atomic mass is 16.4. The molecule has 0 aromatic carbocycles. The number of amides is 3. The standard InChI is InChI=1S/C19H30N6O7/c1-9(2)4-14(19(31)32)25-17(29)12(5-11-7-21-8-22-11)24-18(30)13(6-15(26)27)23-16(28)10(3)20/h7-10,12-14H,4-6,20H2,1-3H3,(H,21,22)(H,23,28)(H,24,30)(H,25,29)(H,26,27)(H,31,32). The van der Waals surface area contributed by atoms with Crippen LogP contribution in [0.1, 0.15) is 39.3 Å². The summed E-state index contributed by atoms with van der Waals surface area (Å²) in [6, 6.07) is -4.93. The molecule has 178 valence electrons. The van der Waals surface area contributed by atoms with Crippen molar-refractivity contribution >= 4 is 29.7 Å². The van der Waals surface area contributed by atoms with E-state index in [4.69, 9.17) is 10.8 Å². The highest BCUT2D eigenvalue weighted by Gasteiger charge is 2.31. The lowest BCUT2D eigenvalue weighted by atomic mass is 10.0. The average Bonchev–Trinajstić information content (AvgIpc) is 3.18. The molecule has 0 aliphatic carbocycles. The Labute approximate surface area is 184 Å². The maximum absolute atomic E-state index is 12.8. The SMILES string of the molecule is CC(C)CC(NC(=O)C(Cc1cnc[nH]1)NC(=O)C(CC(=O)O)NC(=O)C(C)N)C(=O)O. The minimum Gasteiger partial charge on any atom is -0.481 e. The number of hydrogen-bond acceptors (Lipinski definition) is 7. The van der Waals surface area contributed by atoms with Crippen LogP contribution in [0.25, 0.3) is 0 Å². The predicted octanol–water partition coefficient (Wildman–Crippen LogP) is -1.64. The van der Waals surface area contributed by atoms with E-state index in [1.807, 2.05) is 0 Å². The van der Waals surface area contributed by atoms with Crippen LogP contribution in [-0.2, 0) is 30.4 Å². The van der Waals surface area contributed by atoms with Crippen molar-refractivity contribution in [3.8, 4) is 0 Å². The molecule has 3 amide bonds. The summed E-state index contributed by atoms with van der Waals surface area (Å²) in [5, 5.41) is 25.5. The fourth-order valence-electron chi connectivity index (χ4n) is 2.75. The van der Waals surface area contributed by atoms with Crippen LogP contribution in [0.15, 0.2) is 12.5 Å². The number of aliphatic carboxylic acids is 2. The molecule has 4 atom stereocenters. The summed E-state index contributed by atoms with van der Waals surface area (Å²) in [6.07, 6.45) is 2.13. The number of hydrogen-bond donors (Lipinski definition) is 7. The van der Waals surface area contributed by atoms with Gasteiger partial charge in [0.2, 0.25) is 17.7 Å². The number of carboxylic acids is 2. The number of nitrogens with two attached hydrogens (primary N) is 1. The number of rotatable bonds is 13. The maximum Gasteiger partial charge on any atom is 0.326 e. The van der Waals surface area contributed by atoms with Crippen LogP contribution in [0.3, 0.4) is 0 Å². The highest BCUT2D eigenvalue weighted by Crippen LogP contribution is 2.07. The minimum absolute atomic E-state index is 0.0227. The number of nitrogens with one attached hydrogen (secondary N) is 4. The quantitative estimate of drug-likeness (QED) is 0.181. The Hall–Kier alpha value is -3.48. The van der Waals surface area contributed by atoms with Crippen LogP contribution in [0.4, 0.5) is 0 Å².